The molecule has 2 aromatic heterocycles. The molecule has 0 saturated heterocycles. The first-order valence-corrected chi connectivity index (χ1v) is 11.8. The van der Waals surface area contributed by atoms with Crippen LogP contribution in [0.3, 0.4) is 0 Å². The van der Waals surface area contributed by atoms with Gasteiger partial charge < -0.3 is 9.47 Å². The third-order valence-corrected chi connectivity index (χ3v) is 6.00. The summed E-state index contributed by atoms with van der Waals surface area (Å²) in [6, 6.07) is 20.6. The van der Waals surface area contributed by atoms with Gasteiger partial charge in [0.25, 0.3) is 0 Å². The van der Waals surface area contributed by atoms with Crippen LogP contribution in [0.1, 0.15) is 37.0 Å². The van der Waals surface area contributed by atoms with Crippen molar-refractivity contribution in [1.29, 1.82) is 0 Å². The summed E-state index contributed by atoms with van der Waals surface area (Å²) in [6.45, 7) is 3.69. The molecule has 8 nitrogen and oxygen atoms in total. The molecule has 2 heterocycles. The molecule has 0 radical (unpaired) electrons. The van der Waals surface area contributed by atoms with Crippen molar-refractivity contribution in [3.63, 3.8) is 0 Å². The molecule has 1 amide bonds. The monoisotopic (exact) mass is 482 g/mol. The molecule has 182 valence electrons. The fourth-order valence-electron chi connectivity index (χ4n) is 3.75. The molecular formula is C28H26N4O4. The van der Waals surface area contributed by atoms with Crippen LogP contribution >= 0.6 is 0 Å². The highest BCUT2D eigenvalue weighted by molar-refractivity contribution is 5.85. The number of nitrogens with one attached hydrogen (secondary N) is 1. The number of benzene rings is 2. The Kier molecular flexibility index (Phi) is 6.49. The predicted molar refractivity (Wildman–Crippen MR) is 135 cm³/mol. The zero-order valence-electron chi connectivity index (χ0n) is 20.0. The fraction of sp³-hybridized carbons (Fsp3) is 0.214. The Morgan fingerprint density at radius 2 is 1.75 bits per heavy atom. The molecular weight excluding hydrogens is 456 g/mol. The zero-order chi connectivity index (χ0) is 25.1. The van der Waals surface area contributed by atoms with E-state index in [4.69, 9.17) is 9.47 Å². The molecule has 36 heavy (non-hydrogen) atoms. The number of esters is 1. The lowest BCUT2D eigenvalue weighted by Crippen LogP contribution is -2.18. The number of aromatic nitrogens is 3. The lowest BCUT2D eigenvalue weighted by molar-refractivity contribution is -0.135. The van der Waals surface area contributed by atoms with Crippen molar-refractivity contribution in [3.8, 4) is 22.7 Å². The second-order valence-corrected chi connectivity index (χ2v) is 8.79. The molecule has 0 aliphatic heterocycles. The normalized spacial score (nSPS) is 13.6. The van der Waals surface area contributed by atoms with Gasteiger partial charge in [0, 0.05) is 11.1 Å². The number of hydrogen-bond donors (Lipinski definition) is 1. The molecule has 1 unspecified atom stereocenters. The highest BCUT2D eigenvalue weighted by Gasteiger charge is 2.31. The molecule has 1 atom stereocenters. The van der Waals surface area contributed by atoms with Crippen LogP contribution in [0.5, 0.6) is 5.75 Å². The molecule has 1 aliphatic carbocycles. The highest BCUT2D eigenvalue weighted by Crippen LogP contribution is 2.31. The lowest BCUT2D eigenvalue weighted by Gasteiger charge is -2.15. The number of carbonyl (C=O) groups excluding carboxylic acids is 2. The van der Waals surface area contributed by atoms with E-state index in [1.54, 1.807) is 29.2 Å². The molecule has 1 saturated carbocycles. The van der Waals surface area contributed by atoms with Gasteiger partial charge in [-0.15, -0.1) is 0 Å². The van der Waals surface area contributed by atoms with Gasteiger partial charge in [0.15, 0.2) is 0 Å². The van der Waals surface area contributed by atoms with Crippen molar-refractivity contribution in [2.75, 3.05) is 5.32 Å². The first kappa shape index (κ1) is 23.3. The number of nitrogens with zero attached hydrogens (tertiary/aromatic N) is 3. The lowest BCUT2D eigenvalue weighted by atomic mass is 10.1. The summed E-state index contributed by atoms with van der Waals surface area (Å²) in [5.74, 6) is 0.931. The minimum absolute atomic E-state index is 0.0540. The maximum absolute atomic E-state index is 12.6. The Balaban J connectivity index is 1.26. The summed E-state index contributed by atoms with van der Waals surface area (Å²) >= 11 is 0. The van der Waals surface area contributed by atoms with Crippen LogP contribution in [-0.4, -0.2) is 26.8 Å². The summed E-state index contributed by atoms with van der Waals surface area (Å²) in [5, 5.41) is 7.20. The van der Waals surface area contributed by atoms with Crippen LogP contribution < -0.4 is 10.1 Å². The van der Waals surface area contributed by atoms with E-state index in [2.05, 4.69) is 15.4 Å². The molecule has 1 aliphatic rings. The molecule has 1 N–H and O–H groups in total. The first-order valence-electron chi connectivity index (χ1n) is 11.8. The van der Waals surface area contributed by atoms with Crippen molar-refractivity contribution in [2.24, 2.45) is 5.92 Å². The van der Waals surface area contributed by atoms with Gasteiger partial charge in [-0.25, -0.2) is 9.48 Å². The average Bonchev–Trinajstić information content (AvgIpc) is 3.69. The minimum Gasteiger partial charge on any atom is -0.441 e. The largest absolute Gasteiger partial charge is 0.441 e. The van der Waals surface area contributed by atoms with E-state index < -0.39 is 12.2 Å². The van der Waals surface area contributed by atoms with Crippen LogP contribution in [0.25, 0.3) is 16.9 Å². The van der Waals surface area contributed by atoms with Gasteiger partial charge in [-0.1, -0.05) is 30.3 Å². The third kappa shape index (κ3) is 5.27. The summed E-state index contributed by atoms with van der Waals surface area (Å²) in [7, 11) is 0. The number of aryl methyl sites for hydroxylation is 1. The number of anilines is 1. The van der Waals surface area contributed by atoms with Gasteiger partial charge in [0.05, 0.1) is 29.7 Å². The molecule has 8 heteroatoms. The Bertz CT molecular complexity index is 1360. The Morgan fingerprint density at radius 3 is 2.42 bits per heavy atom. The van der Waals surface area contributed by atoms with Gasteiger partial charge in [-0.05, 0) is 68.7 Å². The molecule has 4 aromatic rings. The van der Waals surface area contributed by atoms with Crippen LogP contribution in [0.4, 0.5) is 10.6 Å². The summed E-state index contributed by atoms with van der Waals surface area (Å²) in [6.07, 6.45) is 4.22. The van der Waals surface area contributed by atoms with Gasteiger partial charge in [0.2, 0.25) is 0 Å². The number of amides is 1. The molecule has 0 spiro atoms. The van der Waals surface area contributed by atoms with Crippen molar-refractivity contribution in [2.45, 2.75) is 32.8 Å². The van der Waals surface area contributed by atoms with E-state index in [1.807, 2.05) is 68.4 Å². The summed E-state index contributed by atoms with van der Waals surface area (Å²) in [4.78, 5) is 29.0. The van der Waals surface area contributed by atoms with Gasteiger partial charge in [-0.3, -0.25) is 15.1 Å². The predicted octanol–water partition coefficient (Wildman–Crippen LogP) is 5.87. The van der Waals surface area contributed by atoms with Crippen LogP contribution in [-0.2, 0) is 9.53 Å². The van der Waals surface area contributed by atoms with E-state index >= 15 is 0 Å². The number of ether oxygens (including phenoxy) is 2. The van der Waals surface area contributed by atoms with E-state index in [9.17, 15) is 9.59 Å². The van der Waals surface area contributed by atoms with Gasteiger partial charge in [-0.2, -0.15) is 5.10 Å². The standard InChI is InChI=1S/C28H26N4O4/c1-18-16-30-32(26(18)31-28(34)35-19(2)20-6-4-3-5-7-20)23-12-15-25(29-17-23)21-10-13-24(14-11-21)36-27(33)22-8-9-22/h3-7,10-17,19,22H,8-9H2,1-2H3,(H,31,34). The van der Waals surface area contributed by atoms with Crippen molar-refractivity contribution < 1.29 is 19.1 Å². The number of rotatable bonds is 7. The number of pyridine rings is 1. The first-order chi connectivity index (χ1) is 17.5. The van der Waals surface area contributed by atoms with Crippen LogP contribution in [0.2, 0.25) is 0 Å². The minimum atomic E-state index is -0.566. The summed E-state index contributed by atoms with van der Waals surface area (Å²) in [5.41, 5.74) is 4.04. The third-order valence-electron chi connectivity index (χ3n) is 6.00. The SMILES string of the molecule is Cc1cnn(-c2ccc(-c3ccc(OC(=O)C4CC4)cc3)nc2)c1NC(=O)OC(C)c1ccccc1. The maximum Gasteiger partial charge on any atom is 0.413 e. The Hall–Kier alpha value is -4.46. The maximum atomic E-state index is 12.6. The topological polar surface area (TPSA) is 95.3 Å². The Morgan fingerprint density at radius 1 is 1.00 bits per heavy atom. The molecule has 2 aromatic carbocycles. The highest BCUT2D eigenvalue weighted by atomic mass is 16.6. The van der Waals surface area contributed by atoms with E-state index in [-0.39, 0.29) is 11.9 Å². The fourth-order valence-corrected chi connectivity index (χ4v) is 3.75. The van der Waals surface area contributed by atoms with Crippen LogP contribution in [0, 0.1) is 12.8 Å². The van der Waals surface area contributed by atoms with E-state index in [0.717, 1.165) is 35.2 Å². The van der Waals surface area contributed by atoms with Gasteiger partial charge >= 0.3 is 12.1 Å². The van der Waals surface area contributed by atoms with Crippen molar-refractivity contribution >= 4 is 17.9 Å². The van der Waals surface area contributed by atoms with E-state index in [1.165, 1.54) is 0 Å². The quantitative estimate of drug-likeness (QED) is 0.262. The smallest absolute Gasteiger partial charge is 0.413 e. The van der Waals surface area contributed by atoms with Crippen LogP contribution in [0.15, 0.2) is 79.1 Å². The molecule has 5 rings (SSSR count). The number of carbonyl (C=O) groups is 2. The summed E-state index contributed by atoms with van der Waals surface area (Å²) < 4.78 is 12.5. The second-order valence-electron chi connectivity index (χ2n) is 8.79. The number of hydrogen-bond acceptors (Lipinski definition) is 6. The average molecular weight is 483 g/mol. The van der Waals surface area contributed by atoms with Crippen molar-refractivity contribution in [1.82, 2.24) is 14.8 Å². The van der Waals surface area contributed by atoms with Gasteiger partial charge in [0.1, 0.15) is 17.7 Å². The molecule has 1 fully saturated rings. The Labute approximate surface area is 208 Å². The second kappa shape index (κ2) is 10.0. The molecule has 0 bridgehead atoms. The zero-order valence-corrected chi connectivity index (χ0v) is 20.0. The van der Waals surface area contributed by atoms with E-state index in [0.29, 0.717) is 17.3 Å². The van der Waals surface area contributed by atoms with Crippen molar-refractivity contribution in [3.05, 3.63) is 90.3 Å².